The molecule has 2 heterocycles. The highest BCUT2D eigenvalue weighted by Crippen LogP contribution is 2.35. The van der Waals surface area contributed by atoms with E-state index in [1.165, 1.54) is 17.6 Å². The maximum atomic E-state index is 14.1. The second-order valence-corrected chi connectivity index (χ2v) is 9.17. The molecule has 0 bridgehead atoms. The SMILES string of the molecule is Cc1cccc(N(C(=O)C2COc3ccccc3O2)C(C(=O)NC2CCCCC2)c2ccco2)c1. The van der Waals surface area contributed by atoms with Crippen LogP contribution in [0.3, 0.4) is 0 Å². The summed E-state index contributed by atoms with van der Waals surface area (Å²) in [5.74, 6) is 0.855. The summed E-state index contributed by atoms with van der Waals surface area (Å²) in [5, 5.41) is 3.18. The van der Waals surface area contributed by atoms with Crippen LogP contribution < -0.4 is 19.7 Å². The lowest BCUT2D eigenvalue weighted by molar-refractivity contribution is -0.132. The zero-order chi connectivity index (χ0) is 24.2. The molecule has 182 valence electrons. The second-order valence-electron chi connectivity index (χ2n) is 9.17. The van der Waals surface area contributed by atoms with Crippen LogP contribution in [0.25, 0.3) is 0 Å². The standard InChI is InChI=1S/C28H30N2O5/c1-19-9-7-12-21(17-19)30(28(32)25-18-34-22-13-5-6-14-23(22)35-25)26(24-15-8-16-33-24)27(31)29-20-10-3-2-4-11-20/h5-9,12-17,20,25-26H,2-4,10-11,18H2,1H3,(H,29,31). The van der Waals surface area contributed by atoms with Gasteiger partial charge >= 0.3 is 0 Å². The average Bonchev–Trinajstić information content (AvgIpc) is 3.41. The lowest BCUT2D eigenvalue weighted by Crippen LogP contribution is -2.52. The highest BCUT2D eigenvalue weighted by atomic mass is 16.6. The number of furan rings is 1. The molecule has 0 saturated heterocycles. The van der Waals surface area contributed by atoms with Crippen molar-refractivity contribution in [1.29, 1.82) is 0 Å². The Labute approximate surface area is 205 Å². The van der Waals surface area contributed by atoms with Crippen molar-refractivity contribution < 1.29 is 23.5 Å². The zero-order valence-electron chi connectivity index (χ0n) is 19.8. The van der Waals surface area contributed by atoms with Crippen molar-refractivity contribution in [3.05, 3.63) is 78.3 Å². The number of aryl methyl sites for hydroxylation is 1. The molecule has 0 spiro atoms. The summed E-state index contributed by atoms with van der Waals surface area (Å²) in [6, 6.07) is 17.4. The predicted octanol–water partition coefficient (Wildman–Crippen LogP) is 4.95. The molecular weight excluding hydrogens is 444 g/mol. The summed E-state index contributed by atoms with van der Waals surface area (Å²) in [4.78, 5) is 29.3. The molecule has 2 unspecified atom stereocenters. The lowest BCUT2D eigenvalue weighted by Gasteiger charge is -2.35. The fourth-order valence-electron chi connectivity index (χ4n) is 4.83. The molecule has 2 atom stereocenters. The first-order chi connectivity index (χ1) is 17.1. The number of hydrogen-bond donors (Lipinski definition) is 1. The minimum atomic E-state index is -0.984. The van der Waals surface area contributed by atoms with Crippen LogP contribution in [0.2, 0.25) is 0 Å². The third-order valence-corrected chi connectivity index (χ3v) is 6.57. The fourth-order valence-corrected chi connectivity index (χ4v) is 4.83. The first-order valence-electron chi connectivity index (χ1n) is 12.2. The number of nitrogens with one attached hydrogen (secondary N) is 1. The Morgan fingerprint density at radius 1 is 0.971 bits per heavy atom. The van der Waals surface area contributed by atoms with Crippen LogP contribution in [0, 0.1) is 6.92 Å². The Morgan fingerprint density at radius 2 is 1.77 bits per heavy atom. The number of hydrogen-bond acceptors (Lipinski definition) is 5. The number of benzene rings is 2. The quantitative estimate of drug-likeness (QED) is 0.547. The summed E-state index contributed by atoms with van der Waals surface area (Å²) in [7, 11) is 0. The third-order valence-electron chi connectivity index (χ3n) is 6.57. The van der Waals surface area contributed by atoms with Gasteiger partial charge in [-0.25, -0.2) is 0 Å². The van der Waals surface area contributed by atoms with Crippen LogP contribution in [-0.4, -0.2) is 30.6 Å². The maximum Gasteiger partial charge on any atom is 0.272 e. The van der Waals surface area contributed by atoms with Gasteiger partial charge in [-0.15, -0.1) is 0 Å². The van der Waals surface area contributed by atoms with Crippen LogP contribution in [0.4, 0.5) is 5.69 Å². The number of carbonyl (C=O) groups excluding carboxylic acids is 2. The van der Waals surface area contributed by atoms with E-state index in [-0.39, 0.29) is 24.5 Å². The molecule has 1 saturated carbocycles. The number of rotatable bonds is 6. The average molecular weight is 475 g/mol. The van der Waals surface area contributed by atoms with Crippen LogP contribution in [0.1, 0.15) is 49.5 Å². The molecule has 1 aromatic heterocycles. The van der Waals surface area contributed by atoms with Gasteiger partial charge in [0.15, 0.2) is 17.5 Å². The van der Waals surface area contributed by atoms with Gasteiger partial charge in [0, 0.05) is 11.7 Å². The smallest absolute Gasteiger partial charge is 0.272 e. The minimum Gasteiger partial charge on any atom is -0.485 e. The first kappa shape index (κ1) is 23.0. The molecule has 0 radical (unpaired) electrons. The lowest BCUT2D eigenvalue weighted by atomic mass is 9.95. The summed E-state index contributed by atoms with van der Waals surface area (Å²) >= 11 is 0. The molecule has 2 aliphatic rings. The number of fused-ring (bicyclic) bond motifs is 1. The van der Waals surface area contributed by atoms with Crippen molar-refractivity contribution in [1.82, 2.24) is 5.32 Å². The summed E-state index contributed by atoms with van der Waals surface area (Å²) < 4.78 is 17.6. The summed E-state index contributed by atoms with van der Waals surface area (Å²) in [5.41, 5.74) is 1.56. The fraction of sp³-hybridized carbons (Fsp3) is 0.357. The van der Waals surface area contributed by atoms with Crippen molar-refractivity contribution >= 4 is 17.5 Å². The number of ether oxygens (including phenoxy) is 2. The molecule has 1 fully saturated rings. The van der Waals surface area contributed by atoms with E-state index in [0.29, 0.717) is 22.9 Å². The van der Waals surface area contributed by atoms with Crippen molar-refractivity contribution in [2.24, 2.45) is 0 Å². The summed E-state index contributed by atoms with van der Waals surface area (Å²) in [6.07, 6.45) is 5.84. The predicted molar refractivity (Wildman–Crippen MR) is 131 cm³/mol. The van der Waals surface area contributed by atoms with Crippen LogP contribution in [0.5, 0.6) is 11.5 Å². The van der Waals surface area contributed by atoms with Gasteiger partial charge in [-0.1, -0.05) is 43.5 Å². The third kappa shape index (κ3) is 5.04. The molecule has 2 amide bonds. The van der Waals surface area contributed by atoms with Crippen LogP contribution in [0.15, 0.2) is 71.3 Å². The molecular formula is C28H30N2O5. The molecule has 1 aliphatic heterocycles. The van der Waals surface area contributed by atoms with E-state index in [0.717, 1.165) is 31.2 Å². The minimum absolute atomic E-state index is 0.0489. The number of nitrogens with zero attached hydrogens (tertiary/aromatic N) is 1. The van der Waals surface area contributed by atoms with Gasteiger partial charge in [0.25, 0.3) is 11.8 Å². The number of anilines is 1. The van der Waals surface area contributed by atoms with E-state index in [1.54, 1.807) is 24.3 Å². The molecule has 3 aromatic rings. The van der Waals surface area contributed by atoms with Gasteiger partial charge in [-0.05, 0) is 61.7 Å². The number of para-hydroxylation sites is 2. The normalized spacial score (nSPS) is 18.5. The van der Waals surface area contributed by atoms with E-state index in [1.807, 2.05) is 43.3 Å². The topological polar surface area (TPSA) is 81.0 Å². The molecule has 1 aliphatic carbocycles. The number of amides is 2. The number of carbonyl (C=O) groups is 2. The van der Waals surface area contributed by atoms with Gasteiger partial charge in [0.2, 0.25) is 6.10 Å². The largest absolute Gasteiger partial charge is 0.485 e. The Balaban J connectivity index is 1.51. The Hall–Kier alpha value is -3.74. The van der Waals surface area contributed by atoms with E-state index in [9.17, 15) is 9.59 Å². The first-order valence-corrected chi connectivity index (χ1v) is 12.2. The van der Waals surface area contributed by atoms with Gasteiger partial charge in [-0.3, -0.25) is 14.5 Å². The van der Waals surface area contributed by atoms with Gasteiger partial charge in [0.05, 0.1) is 6.26 Å². The Bertz CT molecular complexity index is 1170. The highest BCUT2D eigenvalue weighted by Gasteiger charge is 2.41. The van der Waals surface area contributed by atoms with E-state index in [2.05, 4.69) is 5.32 Å². The molecule has 7 nitrogen and oxygen atoms in total. The zero-order valence-corrected chi connectivity index (χ0v) is 19.8. The molecule has 7 heteroatoms. The van der Waals surface area contributed by atoms with Crippen molar-refractivity contribution in [3.63, 3.8) is 0 Å². The Kier molecular flexibility index (Phi) is 6.75. The monoisotopic (exact) mass is 474 g/mol. The highest BCUT2D eigenvalue weighted by molar-refractivity contribution is 6.03. The molecule has 35 heavy (non-hydrogen) atoms. The Morgan fingerprint density at radius 3 is 2.51 bits per heavy atom. The van der Waals surface area contributed by atoms with Gasteiger partial charge in [0.1, 0.15) is 12.4 Å². The summed E-state index contributed by atoms with van der Waals surface area (Å²) in [6.45, 7) is 2.00. The van der Waals surface area contributed by atoms with E-state index >= 15 is 0 Å². The van der Waals surface area contributed by atoms with E-state index < -0.39 is 12.1 Å². The van der Waals surface area contributed by atoms with E-state index in [4.69, 9.17) is 13.9 Å². The van der Waals surface area contributed by atoms with Crippen molar-refractivity contribution in [3.8, 4) is 11.5 Å². The van der Waals surface area contributed by atoms with Crippen molar-refractivity contribution in [2.45, 2.75) is 57.2 Å². The van der Waals surface area contributed by atoms with Crippen LogP contribution >= 0.6 is 0 Å². The molecule has 2 aromatic carbocycles. The van der Waals surface area contributed by atoms with Crippen molar-refractivity contribution in [2.75, 3.05) is 11.5 Å². The molecule has 5 rings (SSSR count). The second kappa shape index (κ2) is 10.3. The van der Waals surface area contributed by atoms with Gasteiger partial charge in [-0.2, -0.15) is 0 Å². The maximum absolute atomic E-state index is 14.1. The molecule has 1 N–H and O–H groups in total. The van der Waals surface area contributed by atoms with Crippen LogP contribution in [-0.2, 0) is 9.59 Å². The van der Waals surface area contributed by atoms with Gasteiger partial charge < -0.3 is 19.2 Å².